The maximum atomic E-state index is 5.92. The Morgan fingerprint density at radius 2 is 1.94 bits per heavy atom. The van der Waals surface area contributed by atoms with Gasteiger partial charge in [0.1, 0.15) is 0 Å². The van der Waals surface area contributed by atoms with E-state index in [4.69, 9.17) is 5.73 Å². The number of benzene rings is 1. The number of hydrogen-bond acceptors (Lipinski definition) is 2. The van der Waals surface area contributed by atoms with E-state index in [0.29, 0.717) is 12.1 Å². The van der Waals surface area contributed by atoms with Gasteiger partial charge >= 0.3 is 0 Å². The van der Waals surface area contributed by atoms with E-state index < -0.39 is 0 Å². The molecule has 1 aromatic carbocycles. The Labute approximate surface area is 101 Å². The highest BCUT2D eigenvalue weighted by Gasteiger charge is 2.18. The highest BCUT2D eigenvalue weighted by atomic mass is 14.9. The molecule has 0 unspecified atom stereocenters. The number of fused-ring (bicyclic) bond motifs is 1. The van der Waals surface area contributed by atoms with Gasteiger partial charge in [-0.2, -0.15) is 0 Å². The van der Waals surface area contributed by atoms with Crippen molar-refractivity contribution in [2.75, 3.05) is 5.32 Å². The molecule has 17 heavy (non-hydrogen) atoms. The van der Waals surface area contributed by atoms with Crippen molar-refractivity contribution in [2.45, 2.75) is 37.8 Å². The first-order valence-corrected chi connectivity index (χ1v) is 6.40. The maximum Gasteiger partial charge on any atom is 0.0455 e. The minimum Gasteiger partial charge on any atom is -0.382 e. The molecule has 0 saturated heterocycles. The lowest BCUT2D eigenvalue weighted by Crippen LogP contribution is -2.32. The van der Waals surface area contributed by atoms with E-state index in [-0.39, 0.29) is 0 Å². The van der Waals surface area contributed by atoms with E-state index >= 15 is 0 Å². The van der Waals surface area contributed by atoms with Gasteiger partial charge in [-0.25, -0.2) is 0 Å². The van der Waals surface area contributed by atoms with Crippen LogP contribution in [-0.2, 0) is 0 Å². The number of rotatable bonds is 2. The summed E-state index contributed by atoms with van der Waals surface area (Å²) in [6.45, 7) is 0. The van der Waals surface area contributed by atoms with Gasteiger partial charge in [0.15, 0.2) is 0 Å². The molecule has 1 aliphatic rings. The van der Waals surface area contributed by atoms with Crippen LogP contribution in [0.1, 0.15) is 25.7 Å². The Bertz CT molecular complexity index is 495. The van der Waals surface area contributed by atoms with Crippen molar-refractivity contribution >= 4 is 16.6 Å². The van der Waals surface area contributed by atoms with Crippen LogP contribution in [-0.4, -0.2) is 17.1 Å². The first-order valence-electron chi connectivity index (χ1n) is 6.40. The number of aromatic nitrogens is 1. The predicted octanol–water partition coefficient (Wildman–Crippen LogP) is 2.85. The van der Waals surface area contributed by atoms with Crippen molar-refractivity contribution in [1.29, 1.82) is 0 Å². The average Bonchev–Trinajstić information content (AvgIpc) is 2.79. The molecule has 0 atom stereocenters. The van der Waals surface area contributed by atoms with Gasteiger partial charge in [-0.1, -0.05) is 0 Å². The molecule has 3 rings (SSSR count). The lowest BCUT2D eigenvalue weighted by Gasteiger charge is -2.27. The molecule has 1 fully saturated rings. The second kappa shape index (κ2) is 4.41. The topological polar surface area (TPSA) is 53.8 Å². The Morgan fingerprint density at radius 1 is 1.12 bits per heavy atom. The van der Waals surface area contributed by atoms with Gasteiger partial charge in [-0.15, -0.1) is 0 Å². The van der Waals surface area contributed by atoms with E-state index in [1.165, 1.54) is 29.4 Å². The minimum absolute atomic E-state index is 0.417. The molecular formula is C14H19N3. The summed E-state index contributed by atoms with van der Waals surface area (Å²) in [7, 11) is 0. The summed E-state index contributed by atoms with van der Waals surface area (Å²) in [5, 5.41) is 4.88. The summed E-state index contributed by atoms with van der Waals surface area (Å²) in [5.74, 6) is 0. The summed E-state index contributed by atoms with van der Waals surface area (Å²) in [6, 6.07) is 9.60. The second-order valence-corrected chi connectivity index (χ2v) is 5.04. The van der Waals surface area contributed by atoms with Crippen LogP contribution in [0.4, 0.5) is 5.69 Å². The number of H-pyrrole nitrogens is 1. The van der Waals surface area contributed by atoms with Crippen LogP contribution in [0.15, 0.2) is 30.5 Å². The Morgan fingerprint density at radius 3 is 2.76 bits per heavy atom. The Hall–Kier alpha value is -1.48. The van der Waals surface area contributed by atoms with Crippen LogP contribution in [0.3, 0.4) is 0 Å². The minimum atomic E-state index is 0.417. The lowest BCUT2D eigenvalue weighted by molar-refractivity contribution is 0.411. The summed E-state index contributed by atoms with van der Waals surface area (Å²) in [4.78, 5) is 3.21. The van der Waals surface area contributed by atoms with Gasteiger partial charge in [0.2, 0.25) is 0 Å². The number of anilines is 1. The summed E-state index contributed by atoms with van der Waals surface area (Å²) >= 11 is 0. The first-order chi connectivity index (χ1) is 8.31. The number of hydrogen-bond donors (Lipinski definition) is 3. The fraction of sp³-hybridized carbons (Fsp3) is 0.429. The SMILES string of the molecule is NC1CCC(Nc2ccc3[nH]ccc3c2)CC1. The molecule has 1 aliphatic carbocycles. The highest BCUT2D eigenvalue weighted by molar-refractivity contribution is 5.83. The normalized spacial score (nSPS) is 25.0. The average molecular weight is 229 g/mol. The van der Waals surface area contributed by atoms with E-state index in [1.54, 1.807) is 0 Å². The summed E-state index contributed by atoms with van der Waals surface area (Å²) in [5.41, 5.74) is 8.33. The second-order valence-electron chi connectivity index (χ2n) is 5.04. The highest BCUT2D eigenvalue weighted by Crippen LogP contribution is 2.23. The van der Waals surface area contributed by atoms with Crippen LogP contribution < -0.4 is 11.1 Å². The van der Waals surface area contributed by atoms with E-state index in [2.05, 4.69) is 34.6 Å². The number of nitrogens with two attached hydrogens (primary N) is 1. The molecule has 3 heteroatoms. The molecular weight excluding hydrogens is 210 g/mol. The van der Waals surface area contributed by atoms with Crippen molar-refractivity contribution in [1.82, 2.24) is 4.98 Å². The van der Waals surface area contributed by atoms with E-state index in [0.717, 1.165) is 12.8 Å². The third-order valence-corrected chi connectivity index (χ3v) is 3.70. The number of aromatic amines is 1. The summed E-state index contributed by atoms with van der Waals surface area (Å²) in [6.07, 6.45) is 6.64. The molecule has 0 amide bonds. The summed E-state index contributed by atoms with van der Waals surface area (Å²) < 4.78 is 0. The van der Waals surface area contributed by atoms with Gasteiger partial charge in [0.25, 0.3) is 0 Å². The van der Waals surface area contributed by atoms with Gasteiger partial charge in [-0.3, -0.25) is 0 Å². The fourth-order valence-corrected chi connectivity index (χ4v) is 2.64. The van der Waals surface area contributed by atoms with Crippen LogP contribution in [0.5, 0.6) is 0 Å². The Kier molecular flexibility index (Phi) is 2.77. The van der Waals surface area contributed by atoms with E-state index in [9.17, 15) is 0 Å². The van der Waals surface area contributed by atoms with Crippen LogP contribution >= 0.6 is 0 Å². The quantitative estimate of drug-likeness (QED) is 0.741. The largest absolute Gasteiger partial charge is 0.382 e. The maximum absolute atomic E-state index is 5.92. The lowest BCUT2D eigenvalue weighted by atomic mass is 9.91. The van der Waals surface area contributed by atoms with Crippen molar-refractivity contribution < 1.29 is 0 Å². The smallest absolute Gasteiger partial charge is 0.0455 e. The standard InChI is InChI=1S/C14H19N3/c15-11-1-3-12(4-2-11)17-13-5-6-14-10(9-13)7-8-16-14/h5-9,11-12,16-17H,1-4,15H2. The molecule has 0 aliphatic heterocycles. The van der Waals surface area contributed by atoms with Crippen molar-refractivity contribution in [3.8, 4) is 0 Å². The third-order valence-electron chi connectivity index (χ3n) is 3.70. The first kappa shape index (κ1) is 10.7. The van der Waals surface area contributed by atoms with Gasteiger partial charge in [-0.05, 0) is 49.9 Å². The monoisotopic (exact) mass is 229 g/mol. The molecule has 1 aromatic heterocycles. The van der Waals surface area contributed by atoms with Crippen LogP contribution in [0.2, 0.25) is 0 Å². The van der Waals surface area contributed by atoms with Crippen molar-refractivity contribution in [2.24, 2.45) is 5.73 Å². The molecule has 0 spiro atoms. The Balaban J connectivity index is 1.71. The molecule has 1 saturated carbocycles. The van der Waals surface area contributed by atoms with Crippen molar-refractivity contribution in [3.63, 3.8) is 0 Å². The van der Waals surface area contributed by atoms with E-state index in [1.807, 2.05) is 6.20 Å². The molecule has 0 bridgehead atoms. The molecule has 3 nitrogen and oxygen atoms in total. The zero-order valence-electron chi connectivity index (χ0n) is 9.95. The number of nitrogens with one attached hydrogen (secondary N) is 2. The molecule has 90 valence electrons. The van der Waals surface area contributed by atoms with Gasteiger partial charge < -0.3 is 16.0 Å². The zero-order valence-corrected chi connectivity index (χ0v) is 9.95. The van der Waals surface area contributed by atoms with Crippen LogP contribution in [0, 0.1) is 0 Å². The zero-order chi connectivity index (χ0) is 11.7. The van der Waals surface area contributed by atoms with Gasteiger partial charge in [0.05, 0.1) is 0 Å². The van der Waals surface area contributed by atoms with Crippen LogP contribution in [0.25, 0.3) is 10.9 Å². The molecule has 1 heterocycles. The molecule has 2 aromatic rings. The fourth-order valence-electron chi connectivity index (χ4n) is 2.64. The van der Waals surface area contributed by atoms with Crippen molar-refractivity contribution in [3.05, 3.63) is 30.5 Å². The van der Waals surface area contributed by atoms with Gasteiger partial charge in [0, 0.05) is 34.9 Å². The predicted molar refractivity (Wildman–Crippen MR) is 72.2 cm³/mol. The third kappa shape index (κ3) is 2.29. The molecule has 4 N–H and O–H groups in total. The molecule has 0 radical (unpaired) electrons.